The number of aryl methyl sites for hydroxylation is 3. The van der Waals surface area contributed by atoms with E-state index in [-0.39, 0.29) is 18.1 Å². The minimum Gasteiger partial charge on any atom is -0.482 e. The number of carbonyl (C=O) groups excluding carboxylic acids is 1. The fraction of sp³-hybridized carbons (Fsp3) is 0.529. The van der Waals surface area contributed by atoms with Crippen LogP contribution >= 0.6 is 0 Å². The first-order chi connectivity index (χ1) is 11.5. The van der Waals surface area contributed by atoms with Crippen LogP contribution in [0.4, 0.5) is 0 Å². The lowest BCUT2D eigenvalue weighted by molar-refractivity contribution is 0.0902. The maximum absolute atomic E-state index is 12.6. The molecule has 0 aliphatic carbocycles. The molecular weight excluding hydrogens is 310 g/mol. The molecule has 1 aliphatic heterocycles. The van der Waals surface area contributed by atoms with Crippen LogP contribution in [0.2, 0.25) is 0 Å². The summed E-state index contributed by atoms with van der Waals surface area (Å²) in [6.45, 7) is 9.19. The molecule has 24 heavy (non-hydrogen) atoms. The van der Waals surface area contributed by atoms with E-state index in [2.05, 4.69) is 10.4 Å². The van der Waals surface area contributed by atoms with Crippen molar-refractivity contribution in [1.82, 2.24) is 15.1 Å². The van der Waals surface area contributed by atoms with E-state index in [1.165, 1.54) is 0 Å². The maximum atomic E-state index is 12.6. The monoisotopic (exact) mass is 333 g/mol. The maximum Gasteiger partial charge on any atom is 0.255 e. The molecule has 1 N–H and O–H groups in total. The van der Waals surface area contributed by atoms with E-state index in [0.29, 0.717) is 30.3 Å². The van der Waals surface area contributed by atoms with E-state index in [4.69, 9.17) is 13.9 Å². The number of nitrogens with zero attached hydrogens (tertiary/aromatic N) is 2. The highest BCUT2D eigenvalue weighted by Crippen LogP contribution is 2.22. The van der Waals surface area contributed by atoms with Gasteiger partial charge >= 0.3 is 0 Å². The molecule has 0 spiro atoms. The summed E-state index contributed by atoms with van der Waals surface area (Å²) in [4.78, 5) is 12.6. The highest BCUT2D eigenvalue weighted by atomic mass is 16.5. The Morgan fingerprint density at radius 2 is 2.17 bits per heavy atom. The summed E-state index contributed by atoms with van der Waals surface area (Å²) < 4.78 is 18.7. The lowest BCUT2D eigenvalue weighted by Gasteiger charge is -2.19. The van der Waals surface area contributed by atoms with Gasteiger partial charge in [0, 0.05) is 12.1 Å². The van der Waals surface area contributed by atoms with Crippen LogP contribution in [-0.2, 0) is 11.3 Å². The highest BCUT2D eigenvalue weighted by molar-refractivity contribution is 5.97. The Bertz CT molecular complexity index is 734. The Morgan fingerprint density at radius 3 is 2.79 bits per heavy atom. The van der Waals surface area contributed by atoms with Crippen molar-refractivity contribution in [1.29, 1.82) is 0 Å². The van der Waals surface area contributed by atoms with Crippen LogP contribution in [0.25, 0.3) is 0 Å². The molecule has 2 aromatic heterocycles. The van der Waals surface area contributed by atoms with Gasteiger partial charge in [-0.15, -0.1) is 0 Å². The van der Waals surface area contributed by atoms with Gasteiger partial charge in [-0.2, -0.15) is 5.10 Å². The highest BCUT2D eigenvalue weighted by Gasteiger charge is 2.33. The largest absolute Gasteiger partial charge is 0.482 e. The number of furan rings is 1. The van der Waals surface area contributed by atoms with Crippen molar-refractivity contribution < 1.29 is 18.7 Å². The Labute approximate surface area is 140 Å². The SMILES string of the molecule is CCn1cc(O[C@@H]2COC[C@@H]2NC(=O)c2c(C)oc(C)c2C)cn1. The molecule has 7 heteroatoms. The Morgan fingerprint density at radius 1 is 1.38 bits per heavy atom. The Hall–Kier alpha value is -2.28. The number of rotatable bonds is 5. The quantitative estimate of drug-likeness (QED) is 0.905. The van der Waals surface area contributed by atoms with E-state index in [0.717, 1.165) is 17.9 Å². The standard InChI is InChI=1S/C17H23N3O4/c1-5-20-7-13(6-18-20)24-15-9-22-8-14(15)19-17(21)16-10(2)11(3)23-12(16)4/h6-7,14-15H,5,8-9H2,1-4H3,(H,19,21)/t14-,15+/m0/s1. The topological polar surface area (TPSA) is 78.5 Å². The second-order valence-corrected chi connectivity index (χ2v) is 6.02. The summed E-state index contributed by atoms with van der Waals surface area (Å²) in [5.74, 6) is 1.91. The van der Waals surface area contributed by atoms with Crippen LogP contribution in [0.5, 0.6) is 5.75 Å². The summed E-state index contributed by atoms with van der Waals surface area (Å²) in [5.41, 5.74) is 1.46. The fourth-order valence-corrected chi connectivity index (χ4v) is 2.91. The third-order valence-electron chi connectivity index (χ3n) is 4.35. The number of nitrogens with one attached hydrogen (secondary N) is 1. The summed E-state index contributed by atoms with van der Waals surface area (Å²) in [6, 6.07) is -0.212. The van der Waals surface area contributed by atoms with Crippen molar-refractivity contribution in [3.8, 4) is 5.75 Å². The molecule has 0 aromatic carbocycles. The van der Waals surface area contributed by atoms with Crippen molar-refractivity contribution >= 4 is 5.91 Å². The number of hydrogen-bond donors (Lipinski definition) is 1. The van der Waals surface area contributed by atoms with Crippen molar-refractivity contribution in [2.24, 2.45) is 0 Å². The van der Waals surface area contributed by atoms with Crippen LogP contribution < -0.4 is 10.1 Å². The molecule has 0 bridgehead atoms. The summed E-state index contributed by atoms with van der Waals surface area (Å²) in [6.07, 6.45) is 3.27. The summed E-state index contributed by atoms with van der Waals surface area (Å²) >= 11 is 0. The Balaban J connectivity index is 1.68. The zero-order valence-electron chi connectivity index (χ0n) is 14.5. The third-order valence-corrected chi connectivity index (χ3v) is 4.35. The molecule has 2 atom stereocenters. The zero-order valence-corrected chi connectivity index (χ0v) is 14.5. The second kappa shape index (κ2) is 6.68. The van der Waals surface area contributed by atoms with Gasteiger partial charge in [0.05, 0.1) is 37.2 Å². The van der Waals surface area contributed by atoms with E-state index in [1.54, 1.807) is 17.8 Å². The molecule has 3 rings (SSSR count). The number of hydrogen-bond acceptors (Lipinski definition) is 5. The number of carbonyl (C=O) groups is 1. The molecule has 130 valence electrons. The van der Waals surface area contributed by atoms with Gasteiger partial charge in [-0.1, -0.05) is 0 Å². The average Bonchev–Trinajstić information content (AvgIpc) is 3.22. The van der Waals surface area contributed by atoms with E-state index in [1.807, 2.05) is 27.0 Å². The lowest BCUT2D eigenvalue weighted by atomic mass is 10.1. The van der Waals surface area contributed by atoms with Crippen molar-refractivity contribution in [3.05, 3.63) is 35.0 Å². The molecule has 1 amide bonds. The minimum absolute atomic E-state index is 0.157. The smallest absolute Gasteiger partial charge is 0.255 e. The van der Waals surface area contributed by atoms with Gasteiger partial charge in [0.2, 0.25) is 0 Å². The molecule has 0 radical (unpaired) electrons. The lowest BCUT2D eigenvalue weighted by Crippen LogP contribution is -2.45. The van der Waals surface area contributed by atoms with Gasteiger partial charge in [-0.3, -0.25) is 9.48 Å². The fourth-order valence-electron chi connectivity index (χ4n) is 2.91. The molecule has 2 aromatic rings. The van der Waals surface area contributed by atoms with Crippen LogP contribution in [0.15, 0.2) is 16.8 Å². The van der Waals surface area contributed by atoms with Gasteiger partial charge in [0.1, 0.15) is 17.6 Å². The first kappa shape index (κ1) is 16.6. The third kappa shape index (κ3) is 3.17. The van der Waals surface area contributed by atoms with E-state index >= 15 is 0 Å². The number of aromatic nitrogens is 2. The number of ether oxygens (including phenoxy) is 2. The van der Waals surface area contributed by atoms with E-state index < -0.39 is 0 Å². The molecule has 1 aliphatic rings. The van der Waals surface area contributed by atoms with Gasteiger partial charge in [0.15, 0.2) is 5.75 Å². The van der Waals surface area contributed by atoms with E-state index in [9.17, 15) is 4.79 Å². The minimum atomic E-state index is -0.239. The van der Waals surface area contributed by atoms with Crippen LogP contribution in [-0.4, -0.2) is 41.0 Å². The van der Waals surface area contributed by atoms with Gasteiger partial charge < -0.3 is 19.2 Å². The van der Waals surface area contributed by atoms with Crippen LogP contribution in [0.1, 0.15) is 34.4 Å². The zero-order chi connectivity index (χ0) is 17.3. The van der Waals surface area contributed by atoms with Gasteiger partial charge in [-0.25, -0.2) is 0 Å². The van der Waals surface area contributed by atoms with Crippen molar-refractivity contribution in [3.63, 3.8) is 0 Å². The molecule has 1 saturated heterocycles. The predicted octanol–water partition coefficient (Wildman–Crippen LogP) is 2.00. The second-order valence-electron chi connectivity index (χ2n) is 6.02. The molecule has 3 heterocycles. The average molecular weight is 333 g/mol. The first-order valence-electron chi connectivity index (χ1n) is 8.14. The first-order valence-corrected chi connectivity index (χ1v) is 8.14. The molecule has 0 saturated carbocycles. The van der Waals surface area contributed by atoms with Gasteiger partial charge in [-0.05, 0) is 27.7 Å². The van der Waals surface area contributed by atoms with Gasteiger partial charge in [0.25, 0.3) is 5.91 Å². The van der Waals surface area contributed by atoms with Crippen molar-refractivity contribution in [2.75, 3.05) is 13.2 Å². The summed E-state index contributed by atoms with van der Waals surface area (Å²) in [5, 5.41) is 7.19. The Kier molecular flexibility index (Phi) is 4.62. The predicted molar refractivity (Wildman–Crippen MR) is 87.3 cm³/mol. The van der Waals surface area contributed by atoms with Crippen molar-refractivity contribution in [2.45, 2.75) is 46.4 Å². The molecule has 7 nitrogen and oxygen atoms in total. The van der Waals surface area contributed by atoms with Crippen LogP contribution in [0.3, 0.4) is 0 Å². The molecule has 0 unspecified atom stereocenters. The normalized spacial score (nSPS) is 20.3. The number of amides is 1. The molecule has 1 fully saturated rings. The molecular formula is C17H23N3O4. The summed E-state index contributed by atoms with van der Waals surface area (Å²) in [7, 11) is 0. The van der Waals surface area contributed by atoms with Crippen LogP contribution in [0, 0.1) is 20.8 Å².